The lowest BCUT2D eigenvalue weighted by Gasteiger charge is -2.37. The van der Waals surface area contributed by atoms with Crippen molar-refractivity contribution in [3.63, 3.8) is 0 Å². The zero-order valence-corrected chi connectivity index (χ0v) is 12.5. The van der Waals surface area contributed by atoms with E-state index in [1.807, 2.05) is 0 Å². The van der Waals surface area contributed by atoms with Crippen LogP contribution in [0.25, 0.3) is 0 Å². The Hall–Kier alpha value is -2.14. The standard InChI is InChI=1S/C13H16F3N3O5/c14-13(15,16)11-9(5-17-18-12(11)22)19-2-4-24-7-8(19)6-23-3-1-10(20)21/h5,8H,1-4,6-7H2,(H,18,22)(H,20,21)/t8-/m1/s1. The van der Waals surface area contributed by atoms with Crippen LogP contribution in [0.15, 0.2) is 11.0 Å². The lowest BCUT2D eigenvalue weighted by molar-refractivity contribution is -0.139. The molecule has 1 aromatic rings. The number of carbonyl (C=O) groups is 1. The second kappa shape index (κ2) is 7.62. The first kappa shape index (κ1) is 18.2. The van der Waals surface area contributed by atoms with Gasteiger partial charge in [0.15, 0.2) is 0 Å². The molecule has 0 aliphatic carbocycles. The van der Waals surface area contributed by atoms with Crippen LogP contribution in [0.3, 0.4) is 0 Å². The van der Waals surface area contributed by atoms with Crippen molar-refractivity contribution >= 4 is 11.7 Å². The largest absolute Gasteiger partial charge is 0.481 e. The Morgan fingerprint density at radius 3 is 2.96 bits per heavy atom. The third-order valence-electron chi connectivity index (χ3n) is 3.43. The number of hydrogen-bond donors (Lipinski definition) is 2. The molecule has 0 bridgehead atoms. The van der Waals surface area contributed by atoms with Gasteiger partial charge in [0.1, 0.15) is 5.56 Å². The van der Waals surface area contributed by atoms with E-state index in [2.05, 4.69) is 5.10 Å². The fourth-order valence-corrected chi connectivity index (χ4v) is 2.37. The summed E-state index contributed by atoms with van der Waals surface area (Å²) in [5.41, 5.74) is -2.99. The minimum Gasteiger partial charge on any atom is -0.481 e. The molecule has 2 N–H and O–H groups in total. The Bertz CT molecular complexity index is 634. The smallest absolute Gasteiger partial charge is 0.423 e. The van der Waals surface area contributed by atoms with Crippen molar-refractivity contribution in [2.75, 3.05) is 37.9 Å². The highest BCUT2D eigenvalue weighted by molar-refractivity contribution is 5.66. The molecule has 8 nitrogen and oxygen atoms in total. The van der Waals surface area contributed by atoms with Crippen molar-refractivity contribution in [1.29, 1.82) is 0 Å². The van der Waals surface area contributed by atoms with Gasteiger partial charge in [-0.1, -0.05) is 0 Å². The average Bonchev–Trinajstić information content (AvgIpc) is 2.50. The van der Waals surface area contributed by atoms with Gasteiger partial charge < -0.3 is 19.5 Å². The molecule has 1 fully saturated rings. The summed E-state index contributed by atoms with van der Waals surface area (Å²) >= 11 is 0. The summed E-state index contributed by atoms with van der Waals surface area (Å²) in [5, 5.41) is 13.8. The van der Waals surface area contributed by atoms with Gasteiger partial charge >= 0.3 is 12.1 Å². The third kappa shape index (κ3) is 4.45. The van der Waals surface area contributed by atoms with Gasteiger partial charge in [0.25, 0.3) is 5.56 Å². The van der Waals surface area contributed by atoms with Crippen LogP contribution in [0, 0.1) is 0 Å². The van der Waals surface area contributed by atoms with Crippen LogP contribution in [0.4, 0.5) is 18.9 Å². The van der Waals surface area contributed by atoms with Crippen molar-refractivity contribution in [3.8, 4) is 0 Å². The number of morpholine rings is 1. The number of H-pyrrole nitrogens is 1. The summed E-state index contributed by atoms with van der Waals surface area (Å²) in [6.07, 6.45) is -4.10. The summed E-state index contributed by atoms with van der Waals surface area (Å²) in [6, 6.07) is -0.586. The molecule has 11 heteroatoms. The maximum atomic E-state index is 13.2. The quantitative estimate of drug-likeness (QED) is 0.719. The highest BCUT2D eigenvalue weighted by Gasteiger charge is 2.40. The van der Waals surface area contributed by atoms with E-state index >= 15 is 0 Å². The Balaban J connectivity index is 2.20. The van der Waals surface area contributed by atoms with E-state index in [1.165, 1.54) is 4.90 Å². The van der Waals surface area contributed by atoms with Crippen molar-refractivity contribution in [1.82, 2.24) is 10.2 Å². The third-order valence-corrected chi connectivity index (χ3v) is 3.43. The molecule has 0 radical (unpaired) electrons. The second-order valence-corrected chi connectivity index (χ2v) is 5.10. The molecule has 0 spiro atoms. The molecule has 0 aromatic carbocycles. The molecule has 2 heterocycles. The van der Waals surface area contributed by atoms with Crippen LogP contribution in [0.5, 0.6) is 0 Å². The van der Waals surface area contributed by atoms with Crippen LogP contribution < -0.4 is 10.5 Å². The SMILES string of the molecule is O=C(O)CCOC[C@@H]1COCCN1c1cn[nH]c(=O)c1C(F)(F)F. The first-order valence-corrected chi connectivity index (χ1v) is 7.09. The molecule has 2 rings (SSSR count). The van der Waals surface area contributed by atoms with Gasteiger partial charge in [-0.25, -0.2) is 5.10 Å². The lowest BCUT2D eigenvalue weighted by atomic mass is 10.1. The number of aromatic nitrogens is 2. The lowest BCUT2D eigenvalue weighted by Crippen LogP contribution is -2.49. The number of aliphatic carboxylic acids is 1. The first-order chi connectivity index (χ1) is 11.3. The molecule has 1 aliphatic heterocycles. The topological polar surface area (TPSA) is 105 Å². The van der Waals surface area contributed by atoms with Crippen LogP contribution in [0.2, 0.25) is 0 Å². The number of ether oxygens (including phenoxy) is 2. The molecular weight excluding hydrogens is 335 g/mol. The van der Waals surface area contributed by atoms with E-state index in [0.717, 1.165) is 6.20 Å². The minimum absolute atomic E-state index is 0.0304. The molecule has 0 saturated carbocycles. The number of carboxylic acid groups (broad SMARTS) is 1. The van der Waals surface area contributed by atoms with Crippen LogP contribution >= 0.6 is 0 Å². The summed E-state index contributed by atoms with van der Waals surface area (Å²) in [6.45, 7) is 0.310. The molecule has 1 aliphatic rings. The van der Waals surface area contributed by atoms with E-state index in [-0.39, 0.29) is 45.1 Å². The number of alkyl halides is 3. The Morgan fingerprint density at radius 1 is 1.54 bits per heavy atom. The summed E-state index contributed by atoms with van der Waals surface area (Å²) in [7, 11) is 0. The number of halogens is 3. The van der Waals surface area contributed by atoms with Gasteiger partial charge in [0.05, 0.1) is 50.8 Å². The maximum absolute atomic E-state index is 13.2. The number of rotatable bonds is 6. The molecular formula is C13H16F3N3O5. The van der Waals surface area contributed by atoms with E-state index in [1.54, 1.807) is 5.10 Å². The predicted molar refractivity (Wildman–Crippen MR) is 74.9 cm³/mol. The fraction of sp³-hybridized carbons (Fsp3) is 0.615. The zero-order valence-electron chi connectivity index (χ0n) is 12.5. The normalized spacial score (nSPS) is 18.6. The monoisotopic (exact) mass is 351 g/mol. The average molecular weight is 351 g/mol. The first-order valence-electron chi connectivity index (χ1n) is 7.09. The van der Waals surface area contributed by atoms with Crippen molar-refractivity contribution in [3.05, 3.63) is 22.1 Å². The van der Waals surface area contributed by atoms with Crippen molar-refractivity contribution < 1.29 is 32.5 Å². The van der Waals surface area contributed by atoms with Gasteiger partial charge in [0, 0.05) is 6.54 Å². The fourth-order valence-electron chi connectivity index (χ4n) is 2.37. The molecule has 1 aromatic heterocycles. The molecule has 1 saturated heterocycles. The van der Waals surface area contributed by atoms with Gasteiger partial charge in [-0.2, -0.15) is 18.3 Å². The van der Waals surface area contributed by atoms with Gasteiger partial charge in [-0.05, 0) is 0 Å². The number of hydrogen-bond acceptors (Lipinski definition) is 6. The van der Waals surface area contributed by atoms with Gasteiger partial charge in [-0.3, -0.25) is 9.59 Å². The highest BCUT2D eigenvalue weighted by Crippen LogP contribution is 2.34. The molecule has 0 unspecified atom stereocenters. The van der Waals surface area contributed by atoms with Crippen molar-refractivity contribution in [2.45, 2.75) is 18.6 Å². The Kier molecular flexibility index (Phi) is 5.78. The van der Waals surface area contributed by atoms with Gasteiger partial charge in [0.2, 0.25) is 0 Å². The number of nitrogens with one attached hydrogen (secondary N) is 1. The van der Waals surface area contributed by atoms with E-state index in [0.29, 0.717) is 0 Å². The number of nitrogens with zero attached hydrogens (tertiary/aromatic N) is 2. The van der Waals surface area contributed by atoms with Gasteiger partial charge in [-0.15, -0.1) is 0 Å². The van der Waals surface area contributed by atoms with E-state index < -0.39 is 29.3 Å². The van der Waals surface area contributed by atoms with E-state index in [4.69, 9.17) is 14.6 Å². The second-order valence-electron chi connectivity index (χ2n) is 5.10. The number of aromatic amines is 1. The molecule has 0 amide bonds. The predicted octanol–water partition coefficient (Wildman–Crippen LogP) is 0.485. The number of carboxylic acids is 1. The molecule has 1 atom stereocenters. The van der Waals surface area contributed by atoms with Crippen molar-refractivity contribution in [2.24, 2.45) is 0 Å². The van der Waals surface area contributed by atoms with E-state index in [9.17, 15) is 22.8 Å². The summed E-state index contributed by atoms with van der Waals surface area (Å²) < 4.78 is 50.0. The highest BCUT2D eigenvalue weighted by atomic mass is 19.4. The molecule has 134 valence electrons. The summed E-state index contributed by atoms with van der Waals surface area (Å²) in [5.74, 6) is -1.04. The maximum Gasteiger partial charge on any atom is 0.423 e. The zero-order chi connectivity index (χ0) is 17.7. The molecule has 24 heavy (non-hydrogen) atoms. The van der Waals surface area contributed by atoms with Crippen LogP contribution in [0.1, 0.15) is 12.0 Å². The number of anilines is 1. The minimum atomic E-state index is -4.83. The van der Waals surface area contributed by atoms with Crippen LogP contribution in [-0.2, 0) is 20.4 Å². The Morgan fingerprint density at radius 2 is 2.29 bits per heavy atom. The Labute approximate surface area is 134 Å². The summed E-state index contributed by atoms with van der Waals surface area (Å²) in [4.78, 5) is 23.4. The van der Waals surface area contributed by atoms with Crippen LogP contribution in [-0.4, -0.2) is 60.3 Å².